The molecule has 0 aromatic heterocycles. The lowest BCUT2D eigenvalue weighted by Crippen LogP contribution is -2.25. The van der Waals surface area contributed by atoms with Crippen LogP contribution in [-0.4, -0.2) is 51.0 Å². The Morgan fingerprint density at radius 2 is 1.85 bits per heavy atom. The molecule has 1 rings (SSSR count). The van der Waals surface area contributed by atoms with Crippen molar-refractivity contribution in [3.8, 4) is 0 Å². The monoisotopic (exact) mass is 303 g/mol. The summed E-state index contributed by atoms with van der Waals surface area (Å²) >= 11 is 0. The van der Waals surface area contributed by atoms with Crippen LogP contribution in [-0.2, 0) is 14.8 Å². The summed E-state index contributed by atoms with van der Waals surface area (Å²) in [6, 6.07) is 4.96. The molecule has 0 heterocycles. The van der Waals surface area contributed by atoms with E-state index in [1.807, 2.05) is 0 Å². The number of nitrogens with one attached hydrogen (secondary N) is 1. The molecule has 0 amide bonds. The van der Waals surface area contributed by atoms with Crippen molar-refractivity contribution in [3.63, 3.8) is 0 Å². The second-order valence-electron chi connectivity index (χ2n) is 3.92. The van der Waals surface area contributed by atoms with Gasteiger partial charge in [0.15, 0.2) is 0 Å². The Labute approximate surface area is 117 Å². The van der Waals surface area contributed by atoms with Crippen molar-refractivity contribution >= 4 is 16.0 Å². The average Bonchev–Trinajstić information content (AvgIpc) is 2.43. The molecule has 1 aromatic carbocycles. The van der Waals surface area contributed by atoms with Gasteiger partial charge in [-0.3, -0.25) is 0 Å². The van der Waals surface area contributed by atoms with Gasteiger partial charge in [0.05, 0.1) is 23.7 Å². The molecular formula is C12H17NO6S. The van der Waals surface area contributed by atoms with E-state index in [9.17, 15) is 13.2 Å². The number of hydrogen-bond acceptors (Lipinski definition) is 5. The molecule has 20 heavy (non-hydrogen) atoms. The maximum atomic E-state index is 11.9. The van der Waals surface area contributed by atoms with E-state index in [4.69, 9.17) is 14.9 Å². The van der Waals surface area contributed by atoms with Crippen LogP contribution in [0.1, 0.15) is 16.8 Å². The number of aliphatic hydroxyl groups excluding tert-OH is 1. The number of carboxylic acid groups (broad SMARTS) is 1. The molecule has 0 saturated carbocycles. The van der Waals surface area contributed by atoms with Crippen molar-refractivity contribution in [2.75, 3.05) is 26.4 Å². The van der Waals surface area contributed by atoms with Crippen LogP contribution in [0.3, 0.4) is 0 Å². The molecule has 0 atom stereocenters. The van der Waals surface area contributed by atoms with Gasteiger partial charge in [0.2, 0.25) is 10.0 Å². The van der Waals surface area contributed by atoms with Gasteiger partial charge in [-0.1, -0.05) is 0 Å². The third-order valence-corrected chi connectivity index (χ3v) is 3.88. The summed E-state index contributed by atoms with van der Waals surface area (Å²) in [5, 5.41) is 17.2. The number of carboxylic acids is 1. The van der Waals surface area contributed by atoms with Gasteiger partial charge >= 0.3 is 5.97 Å². The van der Waals surface area contributed by atoms with Crippen LogP contribution in [0.5, 0.6) is 0 Å². The topological polar surface area (TPSA) is 113 Å². The van der Waals surface area contributed by atoms with E-state index in [1.165, 1.54) is 24.3 Å². The minimum atomic E-state index is -3.64. The van der Waals surface area contributed by atoms with Crippen LogP contribution in [0.25, 0.3) is 0 Å². The fraction of sp³-hybridized carbons (Fsp3) is 0.417. The summed E-state index contributed by atoms with van der Waals surface area (Å²) in [5.74, 6) is -1.11. The number of carbonyl (C=O) groups is 1. The Balaban J connectivity index is 2.49. The second-order valence-corrected chi connectivity index (χ2v) is 5.68. The van der Waals surface area contributed by atoms with Gasteiger partial charge in [-0.2, -0.15) is 0 Å². The second kappa shape index (κ2) is 7.95. The summed E-state index contributed by atoms with van der Waals surface area (Å²) in [7, 11) is -3.64. The zero-order valence-corrected chi connectivity index (χ0v) is 11.6. The van der Waals surface area contributed by atoms with E-state index in [1.54, 1.807) is 0 Å². The van der Waals surface area contributed by atoms with E-state index in [0.717, 1.165) is 0 Å². The zero-order chi connectivity index (χ0) is 15.0. The summed E-state index contributed by atoms with van der Waals surface area (Å²) in [6.07, 6.45) is 0.479. The van der Waals surface area contributed by atoms with Gasteiger partial charge in [0, 0.05) is 13.2 Å². The Morgan fingerprint density at radius 3 is 2.40 bits per heavy atom. The number of rotatable bonds is 9. The number of hydrogen-bond donors (Lipinski definition) is 3. The Morgan fingerprint density at radius 1 is 1.20 bits per heavy atom. The lowest BCUT2D eigenvalue weighted by Gasteiger charge is -2.07. The zero-order valence-electron chi connectivity index (χ0n) is 10.8. The van der Waals surface area contributed by atoms with Crippen molar-refractivity contribution < 1.29 is 28.2 Å². The largest absolute Gasteiger partial charge is 0.478 e. The summed E-state index contributed by atoms with van der Waals surface area (Å²) in [4.78, 5) is 10.7. The van der Waals surface area contributed by atoms with Crippen molar-refractivity contribution in [3.05, 3.63) is 29.8 Å². The molecule has 3 N–H and O–H groups in total. The standard InChI is InChI=1S/C12H17NO6S/c14-7-9-19-8-1-6-13-20(17,18)11-4-2-10(3-5-11)12(15)16/h2-5,13-14H,1,6-9H2,(H,15,16). The summed E-state index contributed by atoms with van der Waals surface area (Å²) in [5.41, 5.74) is 0.0290. The van der Waals surface area contributed by atoms with Gasteiger partial charge in [0.25, 0.3) is 0 Å². The normalized spacial score (nSPS) is 11.4. The highest BCUT2D eigenvalue weighted by molar-refractivity contribution is 7.89. The SMILES string of the molecule is O=C(O)c1ccc(S(=O)(=O)NCCCOCCO)cc1. The van der Waals surface area contributed by atoms with E-state index in [-0.39, 0.29) is 30.2 Å². The molecular weight excluding hydrogens is 286 g/mol. The number of ether oxygens (including phenoxy) is 1. The van der Waals surface area contributed by atoms with Crippen molar-refractivity contribution in [1.82, 2.24) is 4.72 Å². The molecule has 0 spiro atoms. The number of benzene rings is 1. The minimum absolute atomic E-state index is 0.0128. The van der Waals surface area contributed by atoms with E-state index >= 15 is 0 Å². The number of sulfonamides is 1. The Bertz CT molecular complexity index is 525. The molecule has 8 heteroatoms. The highest BCUT2D eigenvalue weighted by atomic mass is 32.2. The predicted molar refractivity (Wildman–Crippen MR) is 71.1 cm³/mol. The first-order valence-electron chi connectivity index (χ1n) is 5.99. The first kappa shape index (κ1) is 16.6. The highest BCUT2D eigenvalue weighted by Crippen LogP contribution is 2.10. The van der Waals surface area contributed by atoms with Crippen LogP contribution >= 0.6 is 0 Å². The average molecular weight is 303 g/mol. The van der Waals surface area contributed by atoms with Crippen LogP contribution < -0.4 is 4.72 Å². The molecule has 0 aliphatic carbocycles. The van der Waals surface area contributed by atoms with Gasteiger partial charge in [-0.25, -0.2) is 17.9 Å². The highest BCUT2D eigenvalue weighted by Gasteiger charge is 2.13. The molecule has 0 unspecified atom stereocenters. The fourth-order valence-corrected chi connectivity index (χ4v) is 2.48. The number of aliphatic hydroxyl groups is 1. The van der Waals surface area contributed by atoms with Crippen LogP contribution in [0.4, 0.5) is 0 Å². The van der Waals surface area contributed by atoms with Crippen molar-refractivity contribution in [2.45, 2.75) is 11.3 Å². The van der Waals surface area contributed by atoms with Gasteiger partial charge < -0.3 is 14.9 Å². The van der Waals surface area contributed by atoms with E-state index < -0.39 is 16.0 Å². The molecule has 7 nitrogen and oxygen atoms in total. The first-order valence-corrected chi connectivity index (χ1v) is 7.47. The predicted octanol–water partition coefficient (Wildman–Crippen LogP) is 0.0621. The maximum Gasteiger partial charge on any atom is 0.335 e. The van der Waals surface area contributed by atoms with E-state index in [2.05, 4.69) is 4.72 Å². The lowest BCUT2D eigenvalue weighted by molar-refractivity contribution is 0.0696. The first-order chi connectivity index (χ1) is 9.47. The molecule has 0 aliphatic rings. The molecule has 0 bridgehead atoms. The van der Waals surface area contributed by atoms with Gasteiger partial charge in [-0.15, -0.1) is 0 Å². The molecule has 112 valence electrons. The quantitative estimate of drug-likeness (QED) is 0.556. The molecule has 1 aromatic rings. The molecule has 0 radical (unpaired) electrons. The van der Waals surface area contributed by atoms with Crippen LogP contribution in [0, 0.1) is 0 Å². The third-order valence-electron chi connectivity index (χ3n) is 2.40. The fourth-order valence-electron chi connectivity index (χ4n) is 1.41. The van der Waals surface area contributed by atoms with Crippen molar-refractivity contribution in [2.24, 2.45) is 0 Å². The van der Waals surface area contributed by atoms with Crippen LogP contribution in [0.15, 0.2) is 29.2 Å². The summed E-state index contributed by atoms with van der Waals surface area (Å²) < 4.78 is 31.1. The van der Waals surface area contributed by atoms with Gasteiger partial charge in [0.1, 0.15) is 0 Å². The van der Waals surface area contributed by atoms with E-state index in [0.29, 0.717) is 13.0 Å². The van der Waals surface area contributed by atoms with Crippen LogP contribution in [0.2, 0.25) is 0 Å². The molecule has 0 saturated heterocycles. The molecule has 0 fully saturated rings. The Hall–Kier alpha value is -1.48. The molecule has 0 aliphatic heterocycles. The maximum absolute atomic E-state index is 11.9. The minimum Gasteiger partial charge on any atom is -0.478 e. The lowest BCUT2D eigenvalue weighted by atomic mass is 10.2. The Kier molecular flexibility index (Phi) is 6.59. The van der Waals surface area contributed by atoms with Crippen molar-refractivity contribution in [1.29, 1.82) is 0 Å². The number of aromatic carboxylic acids is 1. The summed E-state index contributed by atoms with van der Waals surface area (Å²) in [6.45, 7) is 0.709. The smallest absolute Gasteiger partial charge is 0.335 e. The van der Waals surface area contributed by atoms with Gasteiger partial charge in [-0.05, 0) is 30.7 Å². The third kappa shape index (κ3) is 5.25.